The molecule has 7 nitrogen and oxygen atoms in total. The Morgan fingerprint density at radius 2 is 1.67 bits per heavy atom. The summed E-state index contributed by atoms with van der Waals surface area (Å²) in [4.78, 5) is 27.4. The Labute approximate surface area is 125 Å². The van der Waals surface area contributed by atoms with Crippen molar-refractivity contribution in [1.82, 2.24) is 15.1 Å². The van der Waals surface area contributed by atoms with E-state index in [0.29, 0.717) is 39.3 Å². The molecular weight excluding hydrogens is 274 g/mol. The normalized spacial score (nSPS) is 21.7. The molecule has 2 N–H and O–H groups in total. The molecule has 0 aromatic carbocycles. The van der Waals surface area contributed by atoms with Crippen LogP contribution in [0.15, 0.2) is 0 Å². The summed E-state index contributed by atoms with van der Waals surface area (Å²) in [6, 6.07) is 0. The largest absolute Gasteiger partial charge is 0.444 e. The number of carbonyl (C=O) groups is 2. The number of rotatable bonds is 2. The molecule has 0 unspecified atom stereocenters. The van der Waals surface area contributed by atoms with Crippen LogP contribution in [0.5, 0.6) is 0 Å². The second-order valence-corrected chi connectivity index (χ2v) is 6.85. The van der Waals surface area contributed by atoms with Crippen molar-refractivity contribution in [2.75, 3.05) is 39.3 Å². The third kappa shape index (κ3) is 4.31. The lowest BCUT2D eigenvalue weighted by Gasteiger charge is -2.40. The van der Waals surface area contributed by atoms with Gasteiger partial charge < -0.3 is 25.0 Å². The van der Waals surface area contributed by atoms with E-state index in [1.54, 1.807) is 9.80 Å². The van der Waals surface area contributed by atoms with Crippen LogP contribution in [0.4, 0.5) is 4.79 Å². The Bertz CT molecular complexity index is 407. The average molecular weight is 299 g/mol. The third-order valence-corrected chi connectivity index (χ3v) is 3.67. The van der Waals surface area contributed by atoms with Crippen LogP contribution in [-0.4, -0.2) is 77.4 Å². The SMILES string of the molecule is CC(C)(C)OC(=O)N1CCN(C(=O)CC2(O)CNC2)CC1. The minimum atomic E-state index is -0.890. The number of carbonyl (C=O) groups excluding carboxylic acids is 2. The molecule has 0 aliphatic carbocycles. The van der Waals surface area contributed by atoms with Crippen molar-refractivity contribution < 1.29 is 19.4 Å². The van der Waals surface area contributed by atoms with Crippen molar-refractivity contribution in [2.24, 2.45) is 0 Å². The van der Waals surface area contributed by atoms with Gasteiger partial charge in [-0.15, -0.1) is 0 Å². The summed E-state index contributed by atoms with van der Waals surface area (Å²) in [7, 11) is 0. The van der Waals surface area contributed by atoms with Crippen LogP contribution >= 0.6 is 0 Å². The average Bonchev–Trinajstić information content (AvgIpc) is 2.35. The first-order valence-electron chi connectivity index (χ1n) is 7.37. The van der Waals surface area contributed by atoms with Gasteiger partial charge in [-0.2, -0.15) is 0 Å². The highest BCUT2D eigenvalue weighted by Crippen LogP contribution is 2.18. The van der Waals surface area contributed by atoms with E-state index in [1.165, 1.54) is 0 Å². The second-order valence-electron chi connectivity index (χ2n) is 6.85. The Hall–Kier alpha value is -1.34. The van der Waals surface area contributed by atoms with Crippen molar-refractivity contribution in [3.05, 3.63) is 0 Å². The molecule has 120 valence electrons. The van der Waals surface area contributed by atoms with Crippen LogP contribution in [-0.2, 0) is 9.53 Å². The molecule has 2 fully saturated rings. The topological polar surface area (TPSA) is 82.1 Å². The number of aliphatic hydroxyl groups is 1. The summed E-state index contributed by atoms with van der Waals surface area (Å²) in [5.74, 6) is -0.0529. The smallest absolute Gasteiger partial charge is 0.410 e. The molecule has 0 aromatic rings. The molecule has 0 radical (unpaired) electrons. The van der Waals surface area contributed by atoms with Crippen molar-refractivity contribution in [3.63, 3.8) is 0 Å². The molecule has 0 atom stereocenters. The van der Waals surface area contributed by atoms with Crippen LogP contribution in [0.25, 0.3) is 0 Å². The van der Waals surface area contributed by atoms with E-state index in [2.05, 4.69) is 5.32 Å². The van der Waals surface area contributed by atoms with E-state index in [1.807, 2.05) is 20.8 Å². The van der Waals surface area contributed by atoms with Crippen LogP contribution in [0.3, 0.4) is 0 Å². The van der Waals surface area contributed by atoms with Gasteiger partial charge in [-0.05, 0) is 20.8 Å². The van der Waals surface area contributed by atoms with Gasteiger partial charge in [-0.1, -0.05) is 0 Å². The van der Waals surface area contributed by atoms with E-state index in [4.69, 9.17) is 4.74 Å². The molecule has 2 amide bonds. The summed E-state index contributed by atoms with van der Waals surface area (Å²) in [6.45, 7) is 8.35. The molecule has 2 aliphatic rings. The van der Waals surface area contributed by atoms with Crippen LogP contribution < -0.4 is 5.32 Å². The zero-order chi connectivity index (χ0) is 15.7. The van der Waals surface area contributed by atoms with Gasteiger partial charge in [0.05, 0.1) is 12.0 Å². The molecule has 0 saturated carbocycles. The van der Waals surface area contributed by atoms with Crippen LogP contribution in [0, 0.1) is 0 Å². The van der Waals surface area contributed by atoms with Gasteiger partial charge in [0.1, 0.15) is 5.60 Å². The molecule has 2 saturated heterocycles. The summed E-state index contributed by atoms with van der Waals surface area (Å²) in [6.07, 6.45) is -0.191. The number of piperazine rings is 1. The first-order valence-corrected chi connectivity index (χ1v) is 7.37. The zero-order valence-corrected chi connectivity index (χ0v) is 13.0. The Morgan fingerprint density at radius 1 is 1.14 bits per heavy atom. The number of hydrogen-bond acceptors (Lipinski definition) is 5. The molecule has 2 rings (SSSR count). The Kier molecular flexibility index (Phi) is 4.43. The maximum absolute atomic E-state index is 12.1. The van der Waals surface area contributed by atoms with E-state index < -0.39 is 11.2 Å². The first-order chi connectivity index (χ1) is 9.69. The fourth-order valence-corrected chi connectivity index (χ4v) is 2.40. The molecule has 2 aliphatic heterocycles. The summed E-state index contributed by atoms with van der Waals surface area (Å²) >= 11 is 0. The predicted octanol–water partition coefficient (Wildman–Crippen LogP) is -0.210. The highest BCUT2D eigenvalue weighted by Gasteiger charge is 2.38. The summed E-state index contributed by atoms with van der Waals surface area (Å²) < 4.78 is 5.32. The van der Waals surface area contributed by atoms with Gasteiger partial charge in [-0.3, -0.25) is 4.79 Å². The fraction of sp³-hybridized carbons (Fsp3) is 0.857. The van der Waals surface area contributed by atoms with E-state index >= 15 is 0 Å². The highest BCUT2D eigenvalue weighted by molar-refractivity contribution is 5.78. The first kappa shape index (κ1) is 16.0. The number of nitrogens with zero attached hydrogens (tertiary/aromatic N) is 2. The molecule has 0 bridgehead atoms. The molecule has 0 aromatic heterocycles. The standard InChI is InChI=1S/C14H25N3O4/c1-13(2,3)21-12(19)17-6-4-16(5-7-17)11(18)8-14(20)9-15-10-14/h15,20H,4-10H2,1-3H3. The molecular formula is C14H25N3O4. The summed E-state index contributed by atoms with van der Waals surface area (Å²) in [5.41, 5.74) is -1.40. The predicted molar refractivity (Wildman–Crippen MR) is 76.8 cm³/mol. The van der Waals surface area contributed by atoms with Crippen molar-refractivity contribution in [1.29, 1.82) is 0 Å². The lowest BCUT2D eigenvalue weighted by Crippen LogP contribution is -2.62. The van der Waals surface area contributed by atoms with Crippen LogP contribution in [0.1, 0.15) is 27.2 Å². The van der Waals surface area contributed by atoms with E-state index in [-0.39, 0.29) is 18.4 Å². The third-order valence-electron chi connectivity index (χ3n) is 3.67. The minimum absolute atomic E-state index is 0.0529. The number of nitrogens with one attached hydrogen (secondary N) is 1. The molecule has 0 spiro atoms. The summed E-state index contributed by atoms with van der Waals surface area (Å²) in [5, 5.41) is 12.9. The molecule has 7 heteroatoms. The van der Waals surface area contributed by atoms with Gasteiger partial charge in [-0.25, -0.2) is 4.79 Å². The number of hydrogen-bond donors (Lipinski definition) is 2. The van der Waals surface area contributed by atoms with Crippen molar-refractivity contribution in [2.45, 2.75) is 38.4 Å². The fourth-order valence-electron chi connectivity index (χ4n) is 2.40. The van der Waals surface area contributed by atoms with Gasteiger partial charge >= 0.3 is 6.09 Å². The van der Waals surface area contributed by atoms with E-state index in [9.17, 15) is 14.7 Å². The maximum atomic E-state index is 12.1. The minimum Gasteiger partial charge on any atom is -0.444 e. The molecule has 2 heterocycles. The van der Waals surface area contributed by atoms with Gasteiger partial charge in [0.25, 0.3) is 0 Å². The van der Waals surface area contributed by atoms with Gasteiger partial charge in [0, 0.05) is 39.3 Å². The monoisotopic (exact) mass is 299 g/mol. The Balaban J connectivity index is 1.77. The van der Waals surface area contributed by atoms with Gasteiger partial charge in [0.15, 0.2) is 0 Å². The lowest BCUT2D eigenvalue weighted by molar-refractivity contribution is -0.140. The van der Waals surface area contributed by atoms with Crippen molar-refractivity contribution >= 4 is 12.0 Å². The van der Waals surface area contributed by atoms with E-state index in [0.717, 1.165) is 0 Å². The number of β-amino-alcohol motifs (C(OH)–C–C–N with tert-alkyl or cyclic N) is 1. The lowest BCUT2D eigenvalue weighted by atomic mass is 9.92. The second kappa shape index (κ2) is 5.81. The highest BCUT2D eigenvalue weighted by atomic mass is 16.6. The van der Waals surface area contributed by atoms with Crippen molar-refractivity contribution in [3.8, 4) is 0 Å². The van der Waals surface area contributed by atoms with Crippen LogP contribution in [0.2, 0.25) is 0 Å². The Morgan fingerprint density at radius 3 is 2.10 bits per heavy atom. The zero-order valence-electron chi connectivity index (χ0n) is 13.0. The molecule has 21 heavy (non-hydrogen) atoms. The number of amides is 2. The van der Waals surface area contributed by atoms with Gasteiger partial charge in [0.2, 0.25) is 5.91 Å². The quantitative estimate of drug-likeness (QED) is 0.737. The maximum Gasteiger partial charge on any atom is 0.410 e. The number of ether oxygens (including phenoxy) is 1.